The Hall–Kier alpha value is -2.74. The van der Waals surface area contributed by atoms with Gasteiger partial charge in [0, 0.05) is 28.2 Å². The molecule has 0 aliphatic heterocycles. The number of anilines is 1. The SMILES string of the molecule is O=C(O)[C@H]1C2CCC(CC2)[C@@H]1Nc1nc(-c2c[nH]c3c(F)cc(Cl)cc23)ncc1F. The van der Waals surface area contributed by atoms with E-state index in [0.717, 1.165) is 31.9 Å². The zero-order valence-electron chi connectivity index (χ0n) is 15.8. The van der Waals surface area contributed by atoms with Crippen LogP contribution in [0.2, 0.25) is 5.02 Å². The number of rotatable bonds is 4. The summed E-state index contributed by atoms with van der Waals surface area (Å²) in [4.78, 5) is 23.1. The van der Waals surface area contributed by atoms with E-state index in [-0.39, 0.29) is 40.1 Å². The van der Waals surface area contributed by atoms with Crippen molar-refractivity contribution >= 4 is 34.3 Å². The zero-order valence-corrected chi connectivity index (χ0v) is 16.6. The van der Waals surface area contributed by atoms with Crippen LogP contribution in [0.1, 0.15) is 25.7 Å². The summed E-state index contributed by atoms with van der Waals surface area (Å²) in [6, 6.07) is 2.40. The van der Waals surface area contributed by atoms with Crippen molar-refractivity contribution in [1.82, 2.24) is 15.0 Å². The summed E-state index contributed by atoms with van der Waals surface area (Å²) >= 11 is 5.98. The number of aromatic amines is 1. The second-order valence-electron chi connectivity index (χ2n) is 8.11. The van der Waals surface area contributed by atoms with Gasteiger partial charge >= 0.3 is 5.97 Å². The molecule has 0 unspecified atom stereocenters. The Morgan fingerprint density at radius 1 is 1.17 bits per heavy atom. The van der Waals surface area contributed by atoms with E-state index in [4.69, 9.17) is 11.6 Å². The molecule has 1 aromatic carbocycles. The van der Waals surface area contributed by atoms with Gasteiger partial charge in [-0.15, -0.1) is 0 Å². The number of benzene rings is 1. The maximum atomic E-state index is 14.6. The van der Waals surface area contributed by atoms with E-state index >= 15 is 0 Å². The standard InChI is InChI=1S/C21H19ClF2N4O2/c22-11-5-12-13(7-25-18(12)14(23)6-11)19-26-8-15(24)20(28-19)27-17-10-3-1-9(2-4-10)16(17)21(29)30/h5-10,16-17,25H,1-4H2,(H,29,30)(H,26,27,28)/t9?,10?,16-,17-/m0/s1. The average Bonchev–Trinajstić information content (AvgIpc) is 3.14. The summed E-state index contributed by atoms with van der Waals surface area (Å²) in [6.07, 6.45) is 6.21. The Bertz CT molecular complexity index is 1140. The van der Waals surface area contributed by atoms with Gasteiger partial charge in [0.25, 0.3) is 0 Å². The first kappa shape index (κ1) is 19.2. The number of carboxylic acid groups (broad SMARTS) is 1. The molecule has 3 aliphatic rings. The van der Waals surface area contributed by atoms with Crippen molar-refractivity contribution < 1.29 is 18.7 Å². The monoisotopic (exact) mass is 432 g/mol. The number of nitrogens with one attached hydrogen (secondary N) is 2. The predicted octanol–water partition coefficient (Wildman–Crippen LogP) is 4.86. The van der Waals surface area contributed by atoms with Crippen LogP contribution in [0.25, 0.3) is 22.3 Å². The molecule has 2 atom stereocenters. The highest BCUT2D eigenvalue weighted by Gasteiger charge is 2.47. The first-order chi connectivity index (χ1) is 14.4. The van der Waals surface area contributed by atoms with Crippen molar-refractivity contribution in [3.8, 4) is 11.4 Å². The number of fused-ring (bicyclic) bond motifs is 4. The number of carboxylic acids is 1. The van der Waals surface area contributed by atoms with Gasteiger partial charge in [0.15, 0.2) is 17.5 Å². The third-order valence-electron chi connectivity index (χ3n) is 6.50. The largest absolute Gasteiger partial charge is 0.481 e. The smallest absolute Gasteiger partial charge is 0.308 e. The van der Waals surface area contributed by atoms with E-state index in [9.17, 15) is 18.7 Å². The number of nitrogens with zero attached hydrogens (tertiary/aromatic N) is 2. The van der Waals surface area contributed by atoms with Gasteiger partial charge in [-0.05, 0) is 49.7 Å². The van der Waals surface area contributed by atoms with Crippen LogP contribution < -0.4 is 5.32 Å². The van der Waals surface area contributed by atoms with Crippen molar-refractivity contribution in [3.05, 3.63) is 41.2 Å². The lowest BCUT2D eigenvalue weighted by molar-refractivity contribution is -0.148. The van der Waals surface area contributed by atoms with Gasteiger partial charge in [-0.2, -0.15) is 0 Å². The summed E-state index contributed by atoms with van der Waals surface area (Å²) in [5.41, 5.74) is 0.738. The fraction of sp³-hybridized carbons (Fsp3) is 0.381. The second kappa shape index (κ2) is 7.19. The van der Waals surface area contributed by atoms with Crippen LogP contribution in [0, 0.1) is 29.4 Å². The van der Waals surface area contributed by atoms with Gasteiger partial charge < -0.3 is 15.4 Å². The molecule has 9 heteroatoms. The fourth-order valence-electron chi connectivity index (χ4n) is 5.11. The first-order valence-corrected chi connectivity index (χ1v) is 10.3. The predicted molar refractivity (Wildman–Crippen MR) is 108 cm³/mol. The number of hydrogen-bond donors (Lipinski definition) is 3. The highest BCUT2D eigenvalue weighted by molar-refractivity contribution is 6.31. The molecule has 3 fully saturated rings. The topological polar surface area (TPSA) is 90.9 Å². The number of aromatic nitrogens is 3. The maximum Gasteiger partial charge on any atom is 0.308 e. The summed E-state index contributed by atoms with van der Waals surface area (Å²) in [7, 11) is 0. The molecule has 0 amide bonds. The number of carbonyl (C=O) groups is 1. The van der Waals surface area contributed by atoms with Gasteiger partial charge in [-0.25, -0.2) is 18.7 Å². The molecule has 3 aromatic rings. The molecule has 6 rings (SSSR count). The summed E-state index contributed by atoms with van der Waals surface area (Å²) in [5.74, 6) is -2.20. The normalized spacial score (nSPS) is 25.6. The zero-order chi connectivity index (χ0) is 21.0. The Kier molecular flexibility index (Phi) is 4.61. The molecule has 6 nitrogen and oxygen atoms in total. The Morgan fingerprint density at radius 2 is 1.90 bits per heavy atom. The Labute approximate surface area is 175 Å². The molecule has 3 saturated carbocycles. The number of hydrogen-bond acceptors (Lipinski definition) is 4. The van der Waals surface area contributed by atoms with Crippen LogP contribution >= 0.6 is 11.6 Å². The minimum absolute atomic E-state index is 0.0411. The lowest BCUT2D eigenvalue weighted by Crippen LogP contribution is -2.51. The van der Waals surface area contributed by atoms with Crippen molar-refractivity contribution in [1.29, 1.82) is 0 Å². The lowest BCUT2D eigenvalue weighted by Gasteiger charge is -2.47. The van der Waals surface area contributed by atoms with Crippen LogP contribution in [0.3, 0.4) is 0 Å². The van der Waals surface area contributed by atoms with E-state index in [1.807, 2.05) is 0 Å². The lowest BCUT2D eigenvalue weighted by atomic mass is 9.61. The third-order valence-corrected chi connectivity index (χ3v) is 6.72. The Morgan fingerprint density at radius 3 is 2.63 bits per heavy atom. The molecule has 30 heavy (non-hydrogen) atoms. The van der Waals surface area contributed by atoms with Crippen molar-refractivity contribution in [2.24, 2.45) is 17.8 Å². The van der Waals surface area contributed by atoms with E-state index in [2.05, 4.69) is 20.3 Å². The van der Waals surface area contributed by atoms with Gasteiger partial charge in [-0.1, -0.05) is 11.6 Å². The van der Waals surface area contributed by atoms with Crippen LogP contribution in [-0.4, -0.2) is 32.1 Å². The van der Waals surface area contributed by atoms with E-state index < -0.39 is 23.5 Å². The first-order valence-electron chi connectivity index (χ1n) is 9.90. The number of H-pyrrole nitrogens is 1. The third kappa shape index (κ3) is 3.10. The molecule has 3 aliphatic carbocycles. The van der Waals surface area contributed by atoms with Gasteiger partial charge in [0.05, 0.1) is 17.6 Å². The summed E-state index contributed by atoms with van der Waals surface area (Å²) < 4.78 is 28.7. The fourth-order valence-corrected chi connectivity index (χ4v) is 5.31. The molecule has 0 spiro atoms. The summed E-state index contributed by atoms with van der Waals surface area (Å²) in [5, 5.41) is 13.5. The maximum absolute atomic E-state index is 14.6. The van der Waals surface area contributed by atoms with Gasteiger partial charge in [0.1, 0.15) is 5.82 Å². The number of halogens is 3. The van der Waals surface area contributed by atoms with Crippen molar-refractivity contribution in [2.75, 3.05) is 5.32 Å². The van der Waals surface area contributed by atoms with Crippen molar-refractivity contribution in [2.45, 2.75) is 31.7 Å². The van der Waals surface area contributed by atoms with Crippen LogP contribution in [-0.2, 0) is 4.79 Å². The molecule has 0 saturated heterocycles. The minimum atomic E-state index is -0.863. The van der Waals surface area contributed by atoms with E-state index in [1.54, 1.807) is 12.3 Å². The molecule has 156 valence electrons. The quantitative estimate of drug-likeness (QED) is 0.547. The molecule has 2 bridgehead atoms. The van der Waals surface area contributed by atoms with Crippen LogP contribution in [0.4, 0.5) is 14.6 Å². The molecule has 2 heterocycles. The van der Waals surface area contributed by atoms with Gasteiger partial charge in [-0.3, -0.25) is 4.79 Å². The van der Waals surface area contributed by atoms with Gasteiger partial charge in [0.2, 0.25) is 0 Å². The van der Waals surface area contributed by atoms with E-state index in [1.165, 1.54) is 6.07 Å². The second-order valence-corrected chi connectivity index (χ2v) is 8.55. The average molecular weight is 433 g/mol. The molecular formula is C21H19ClF2N4O2. The molecule has 0 radical (unpaired) electrons. The van der Waals surface area contributed by atoms with E-state index in [0.29, 0.717) is 10.9 Å². The Balaban J connectivity index is 1.53. The summed E-state index contributed by atoms with van der Waals surface area (Å²) in [6.45, 7) is 0. The molecule has 2 aromatic heterocycles. The van der Waals surface area contributed by atoms with Crippen LogP contribution in [0.15, 0.2) is 24.5 Å². The highest BCUT2D eigenvalue weighted by Crippen LogP contribution is 2.46. The number of aliphatic carboxylic acids is 1. The van der Waals surface area contributed by atoms with Crippen molar-refractivity contribution in [3.63, 3.8) is 0 Å². The molecule has 3 N–H and O–H groups in total. The minimum Gasteiger partial charge on any atom is -0.481 e. The molecular weight excluding hydrogens is 414 g/mol. The highest BCUT2D eigenvalue weighted by atomic mass is 35.5. The van der Waals surface area contributed by atoms with Crippen LogP contribution in [0.5, 0.6) is 0 Å².